The predicted octanol–water partition coefficient (Wildman–Crippen LogP) is 2.70. The quantitative estimate of drug-likeness (QED) is 0.909. The number of hydrogen-bond donors (Lipinski definition) is 2. The molecule has 2 aromatic rings. The molecule has 1 aromatic heterocycles. The highest BCUT2D eigenvalue weighted by atomic mass is 16.3. The molecule has 0 radical (unpaired) electrons. The van der Waals surface area contributed by atoms with E-state index in [9.17, 15) is 0 Å². The number of rotatable bonds is 4. The molecule has 5 nitrogen and oxygen atoms in total. The van der Waals surface area contributed by atoms with Gasteiger partial charge in [-0.3, -0.25) is 10.4 Å². The van der Waals surface area contributed by atoms with Gasteiger partial charge < -0.3 is 9.73 Å². The Morgan fingerprint density at radius 2 is 2.05 bits per heavy atom. The molecule has 0 saturated heterocycles. The minimum absolute atomic E-state index is 0.0987. The first-order chi connectivity index (χ1) is 10.9. The molecule has 2 N–H and O–H groups in total. The molecule has 0 saturated carbocycles. The smallest absolute Gasteiger partial charge is 0.147 e. The second-order valence-electron chi connectivity index (χ2n) is 5.15. The van der Waals surface area contributed by atoms with Gasteiger partial charge in [0.25, 0.3) is 0 Å². The van der Waals surface area contributed by atoms with Crippen LogP contribution in [-0.2, 0) is 6.54 Å². The minimum atomic E-state index is 0.0987. The van der Waals surface area contributed by atoms with Gasteiger partial charge in [-0.15, -0.1) is 0 Å². The third-order valence-electron chi connectivity index (χ3n) is 3.69. The number of allylic oxidation sites excluding steroid dienone is 2. The summed E-state index contributed by atoms with van der Waals surface area (Å²) >= 11 is 0. The van der Waals surface area contributed by atoms with E-state index in [1.54, 1.807) is 6.26 Å². The molecule has 0 bridgehead atoms. The van der Waals surface area contributed by atoms with Crippen molar-refractivity contribution in [2.24, 2.45) is 4.99 Å². The molecule has 2 aliphatic heterocycles. The molecular formula is C17H16N4O. The molecule has 4 rings (SSSR count). The van der Waals surface area contributed by atoms with E-state index >= 15 is 0 Å². The fourth-order valence-corrected chi connectivity index (χ4v) is 2.57. The maximum Gasteiger partial charge on any atom is 0.147 e. The predicted molar refractivity (Wildman–Crippen MR) is 84.4 cm³/mol. The molecule has 0 aliphatic carbocycles. The van der Waals surface area contributed by atoms with Gasteiger partial charge in [0.05, 0.1) is 12.8 Å². The van der Waals surface area contributed by atoms with Gasteiger partial charge in [-0.1, -0.05) is 30.3 Å². The van der Waals surface area contributed by atoms with E-state index in [4.69, 9.17) is 4.42 Å². The van der Waals surface area contributed by atoms with E-state index in [1.165, 1.54) is 5.56 Å². The van der Waals surface area contributed by atoms with E-state index < -0.39 is 0 Å². The van der Waals surface area contributed by atoms with Crippen LogP contribution in [0, 0.1) is 0 Å². The van der Waals surface area contributed by atoms with E-state index in [0.29, 0.717) is 6.54 Å². The Kier molecular flexibility index (Phi) is 3.16. The Balaban J connectivity index is 1.48. The Morgan fingerprint density at radius 1 is 1.14 bits per heavy atom. The summed E-state index contributed by atoms with van der Waals surface area (Å²) in [4.78, 5) is 4.47. The van der Waals surface area contributed by atoms with Crippen LogP contribution < -0.4 is 10.7 Å². The van der Waals surface area contributed by atoms with Crippen molar-refractivity contribution in [3.63, 3.8) is 0 Å². The minimum Gasteiger partial charge on any atom is -0.467 e. The zero-order chi connectivity index (χ0) is 14.8. The molecule has 22 heavy (non-hydrogen) atoms. The van der Waals surface area contributed by atoms with Crippen molar-refractivity contribution >= 4 is 6.21 Å². The fraction of sp³-hybridized carbons (Fsp3) is 0.118. The molecule has 2 aliphatic rings. The van der Waals surface area contributed by atoms with Crippen LogP contribution in [0.15, 0.2) is 81.9 Å². The lowest BCUT2D eigenvalue weighted by atomic mass is 10.1. The average molecular weight is 292 g/mol. The second kappa shape index (κ2) is 5.44. The van der Waals surface area contributed by atoms with Gasteiger partial charge in [0.15, 0.2) is 0 Å². The fourth-order valence-electron chi connectivity index (χ4n) is 2.57. The number of nitrogens with one attached hydrogen (secondary N) is 2. The van der Waals surface area contributed by atoms with Gasteiger partial charge >= 0.3 is 0 Å². The molecular weight excluding hydrogens is 276 g/mol. The molecule has 0 spiro atoms. The number of nitrogens with zero attached hydrogens (tertiary/aromatic N) is 2. The number of aliphatic imine (C=N–C) groups is 1. The number of benzene rings is 1. The maximum absolute atomic E-state index is 5.33. The molecule has 1 aromatic carbocycles. The van der Waals surface area contributed by atoms with Crippen molar-refractivity contribution in [3.8, 4) is 0 Å². The summed E-state index contributed by atoms with van der Waals surface area (Å²) < 4.78 is 5.33. The monoisotopic (exact) mass is 292 g/mol. The number of hydrogen-bond acceptors (Lipinski definition) is 5. The standard InChI is InChI=1S/C17H16N4O/c1-2-5-13(6-3-1)15-12-19-17-9-8-16(20-21(15)17)18-11-14-7-4-10-22-14/h1-10,12,15,18,20H,11H2. The van der Waals surface area contributed by atoms with Crippen molar-refractivity contribution < 1.29 is 4.42 Å². The van der Waals surface area contributed by atoms with Gasteiger partial charge in [0.1, 0.15) is 23.4 Å². The molecule has 5 heteroatoms. The zero-order valence-corrected chi connectivity index (χ0v) is 11.9. The Morgan fingerprint density at radius 3 is 2.86 bits per heavy atom. The summed E-state index contributed by atoms with van der Waals surface area (Å²) in [5.41, 5.74) is 4.58. The average Bonchev–Trinajstić information content (AvgIpc) is 3.23. The Hall–Kier alpha value is -2.95. The SMILES string of the molecule is C1=NC2=CC=C(NCc3ccco3)NN2C1c1ccccc1. The van der Waals surface area contributed by atoms with Crippen LogP contribution in [0.3, 0.4) is 0 Å². The highest BCUT2D eigenvalue weighted by Crippen LogP contribution is 2.29. The highest BCUT2D eigenvalue weighted by Gasteiger charge is 2.28. The lowest BCUT2D eigenvalue weighted by Gasteiger charge is -2.31. The van der Waals surface area contributed by atoms with Crippen LogP contribution in [0.5, 0.6) is 0 Å². The van der Waals surface area contributed by atoms with Crippen LogP contribution in [0.25, 0.3) is 0 Å². The van der Waals surface area contributed by atoms with Crippen molar-refractivity contribution in [2.45, 2.75) is 12.6 Å². The number of furan rings is 1. The first kappa shape index (κ1) is 12.8. The van der Waals surface area contributed by atoms with Crippen LogP contribution in [-0.4, -0.2) is 11.2 Å². The third kappa shape index (κ3) is 2.37. The van der Waals surface area contributed by atoms with Gasteiger partial charge in [-0.25, -0.2) is 4.99 Å². The van der Waals surface area contributed by atoms with Gasteiger partial charge in [0, 0.05) is 6.21 Å². The summed E-state index contributed by atoms with van der Waals surface area (Å²) in [6, 6.07) is 14.3. The summed E-state index contributed by atoms with van der Waals surface area (Å²) in [5.74, 6) is 2.73. The second-order valence-corrected chi connectivity index (χ2v) is 5.15. The molecule has 0 amide bonds. The van der Waals surface area contributed by atoms with E-state index in [1.807, 2.05) is 48.7 Å². The first-order valence-corrected chi connectivity index (χ1v) is 7.23. The topological polar surface area (TPSA) is 52.8 Å². The third-order valence-corrected chi connectivity index (χ3v) is 3.69. The van der Waals surface area contributed by atoms with Crippen LogP contribution in [0.4, 0.5) is 0 Å². The van der Waals surface area contributed by atoms with E-state index in [2.05, 4.69) is 32.9 Å². The van der Waals surface area contributed by atoms with E-state index in [0.717, 1.165) is 17.4 Å². The van der Waals surface area contributed by atoms with Crippen molar-refractivity contribution in [3.05, 3.63) is 83.8 Å². The molecule has 1 atom stereocenters. The van der Waals surface area contributed by atoms with Crippen molar-refractivity contribution in [1.29, 1.82) is 0 Å². The highest BCUT2D eigenvalue weighted by molar-refractivity contribution is 5.72. The lowest BCUT2D eigenvalue weighted by molar-refractivity contribution is 0.245. The maximum atomic E-state index is 5.33. The van der Waals surface area contributed by atoms with Crippen LogP contribution >= 0.6 is 0 Å². The molecule has 110 valence electrons. The van der Waals surface area contributed by atoms with Crippen LogP contribution in [0.2, 0.25) is 0 Å². The first-order valence-electron chi connectivity index (χ1n) is 7.23. The normalized spacial score (nSPS) is 19.3. The van der Waals surface area contributed by atoms with E-state index in [-0.39, 0.29) is 6.04 Å². The van der Waals surface area contributed by atoms with Crippen molar-refractivity contribution in [2.75, 3.05) is 0 Å². The molecule has 3 heterocycles. The summed E-state index contributed by atoms with van der Waals surface area (Å²) in [6.45, 7) is 0.639. The lowest BCUT2D eigenvalue weighted by Crippen LogP contribution is -2.42. The molecule has 1 unspecified atom stereocenters. The Bertz CT molecular complexity index is 731. The number of hydrazine groups is 1. The number of fused-ring (bicyclic) bond motifs is 1. The zero-order valence-electron chi connectivity index (χ0n) is 11.9. The Labute approximate surface area is 128 Å². The van der Waals surface area contributed by atoms with Gasteiger partial charge in [-0.05, 0) is 29.8 Å². The summed E-state index contributed by atoms with van der Waals surface area (Å²) in [7, 11) is 0. The summed E-state index contributed by atoms with van der Waals surface area (Å²) in [5, 5.41) is 5.38. The van der Waals surface area contributed by atoms with Crippen molar-refractivity contribution in [1.82, 2.24) is 15.8 Å². The van der Waals surface area contributed by atoms with Crippen LogP contribution in [0.1, 0.15) is 17.4 Å². The largest absolute Gasteiger partial charge is 0.467 e. The summed E-state index contributed by atoms with van der Waals surface area (Å²) in [6.07, 6.45) is 7.62. The molecule has 0 fully saturated rings. The van der Waals surface area contributed by atoms with Gasteiger partial charge in [0.2, 0.25) is 0 Å². The van der Waals surface area contributed by atoms with Gasteiger partial charge in [-0.2, -0.15) is 0 Å².